The van der Waals surface area contributed by atoms with Gasteiger partial charge >= 0.3 is 0 Å². The summed E-state index contributed by atoms with van der Waals surface area (Å²) in [7, 11) is 0. The summed E-state index contributed by atoms with van der Waals surface area (Å²) in [6.07, 6.45) is 0. The zero-order valence-corrected chi connectivity index (χ0v) is 26.0. The smallest absolute Gasteiger partial charge is 0.165 e. The van der Waals surface area contributed by atoms with Crippen molar-refractivity contribution in [2.75, 3.05) is 0 Å². The second-order valence-corrected chi connectivity index (χ2v) is 12.3. The maximum Gasteiger partial charge on any atom is 0.165 e. The molecule has 3 aromatic heterocycles. The third kappa shape index (κ3) is 4.03. The first-order valence-corrected chi connectivity index (χ1v) is 16.3. The second kappa shape index (κ2) is 10.5. The van der Waals surface area contributed by atoms with Gasteiger partial charge in [-0.3, -0.25) is 4.57 Å². The molecule has 0 saturated heterocycles. The highest BCUT2D eigenvalue weighted by molar-refractivity contribution is 6.19. The van der Waals surface area contributed by atoms with Gasteiger partial charge in [0.05, 0.1) is 33.1 Å². The summed E-state index contributed by atoms with van der Waals surface area (Å²) in [4.78, 5) is 10.7. The lowest BCUT2D eigenvalue weighted by Gasteiger charge is -2.14. The largest absolute Gasteiger partial charge is 0.309 e. The van der Waals surface area contributed by atoms with Crippen molar-refractivity contribution in [2.45, 2.75) is 0 Å². The van der Waals surface area contributed by atoms with Crippen LogP contribution in [0.1, 0.15) is 0 Å². The summed E-state index contributed by atoms with van der Waals surface area (Å²) in [5.41, 5.74) is 11.6. The maximum absolute atomic E-state index is 5.37. The van der Waals surface area contributed by atoms with Crippen LogP contribution in [0, 0.1) is 0 Å². The third-order valence-corrected chi connectivity index (χ3v) is 9.51. The van der Waals surface area contributed by atoms with E-state index in [1.54, 1.807) is 0 Å². The Morgan fingerprint density at radius 1 is 0.333 bits per heavy atom. The number of para-hydroxylation sites is 5. The molecule has 0 N–H and O–H groups in total. The van der Waals surface area contributed by atoms with Gasteiger partial charge in [-0.1, -0.05) is 121 Å². The maximum atomic E-state index is 5.37. The van der Waals surface area contributed by atoms with E-state index in [9.17, 15) is 0 Å². The third-order valence-electron chi connectivity index (χ3n) is 9.51. The Bertz CT molecular complexity index is 2810. The molecule has 3 heterocycles. The molecule has 0 bridgehead atoms. The van der Waals surface area contributed by atoms with Gasteiger partial charge in [-0.2, -0.15) is 0 Å². The second-order valence-electron chi connectivity index (χ2n) is 12.3. The Hall–Kier alpha value is -6.52. The van der Waals surface area contributed by atoms with Gasteiger partial charge in [0.25, 0.3) is 0 Å². The van der Waals surface area contributed by atoms with Crippen LogP contribution in [0.2, 0.25) is 0 Å². The molecule has 0 saturated carbocycles. The molecule has 0 amide bonds. The highest BCUT2D eigenvalue weighted by Gasteiger charge is 2.22. The van der Waals surface area contributed by atoms with Crippen molar-refractivity contribution in [3.05, 3.63) is 170 Å². The van der Waals surface area contributed by atoms with E-state index in [1.165, 1.54) is 38.2 Å². The highest BCUT2D eigenvalue weighted by Crippen LogP contribution is 2.41. The summed E-state index contributed by atoms with van der Waals surface area (Å²) in [6, 6.07) is 60.0. The van der Waals surface area contributed by atoms with E-state index in [-0.39, 0.29) is 0 Å². The fraction of sp³-hybridized carbons (Fsp3) is 0. The Balaban J connectivity index is 1.30. The minimum atomic E-state index is 0.814. The predicted octanol–water partition coefficient (Wildman–Crippen LogP) is 11.2. The van der Waals surface area contributed by atoms with Gasteiger partial charge in [0.1, 0.15) is 5.69 Å². The summed E-state index contributed by atoms with van der Waals surface area (Å²) >= 11 is 0. The number of fused-ring (bicyclic) bond motifs is 7. The molecule has 0 aliphatic rings. The van der Waals surface area contributed by atoms with Crippen molar-refractivity contribution in [3.8, 4) is 33.9 Å². The number of hydrogen-bond donors (Lipinski definition) is 0. The normalized spacial score (nSPS) is 11.8. The number of nitrogens with zero attached hydrogens (tertiary/aromatic N) is 4. The molecule has 10 rings (SSSR count). The minimum absolute atomic E-state index is 0.814. The van der Waals surface area contributed by atoms with Crippen LogP contribution < -0.4 is 0 Å². The van der Waals surface area contributed by atoms with Gasteiger partial charge in [-0.05, 0) is 59.7 Å². The van der Waals surface area contributed by atoms with E-state index in [2.05, 4.69) is 149 Å². The topological polar surface area (TPSA) is 35.6 Å². The van der Waals surface area contributed by atoms with Gasteiger partial charge in [0.2, 0.25) is 0 Å². The minimum Gasteiger partial charge on any atom is -0.309 e. The molecule has 0 atom stereocenters. The molecule has 0 aliphatic carbocycles. The molecule has 0 spiro atoms. The fourth-order valence-electron chi connectivity index (χ4n) is 7.31. The zero-order valence-electron chi connectivity index (χ0n) is 26.0. The van der Waals surface area contributed by atoms with Crippen molar-refractivity contribution in [1.29, 1.82) is 0 Å². The van der Waals surface area contributed by atoms with Crippen molar-refractivity contribution in [2.24, 2.45) is 0 Å². The lowest BCUT2D eigenvalue weighted by atomic mass is 10.0. The summed E-state index contributed by atoms with van der Waals surface area (Å²) in [6.45, 7) is 0. The highest BCUT2D eigenvalue weighted by atomic mass is 15.1. The van der Waals surface area contributed by atoms with Crippen LogP contribution in [0.4, 0.5) is 0 Å². The van der Waals surface area contributed by atoms with E-state index >= 15 is 0 Å². The molecule has 0 unspecified atom stereocenters. The molecule has 7 aromatic carbocycles. The van der Waals surface area contributed by atoms with Crippen LogP contribution in [0.3, 0.4) is 0 Å². The first kappa shape index (κ1) is 26.7. The van der Waals surface area contributed by atoms with Crippen molar-refractivity contribution < 1.29 is 0 Å². The van der Waals surface area contributed by atoms with Crippen LogP contribution in [0.25, 0.3) is 88.5 Å². The van der Waals surface area contributed by atoms with Crippen LogP contribution in [-0.4, -0.2) is 19.1 Å². The number of benzene rings is 7. The van der Waals surface area contributed by atoms with Gasteiger partial charge in [-0.15, -0.1) is 0 Å². The van der Waals surface area contributed by atoms with E-state index in [1.807, 2.05) is 30.3 Å². The van der Waals surface area contributed by atoms with Crippen LogP contribution >= 0.6 is 0 Å². The Labute approximate surface area is 276 Å². The molecule has 4 heteroatoms. The van der Waals surface area contributed by atoms with Gasteiger partial charge in [-0.25, -0.2) is 9.97 Å². The lowest BCUT2D eigenvalue weighted by Crippen LogP contribution is -2.04. The van der Waals surface area contributed by atoms with Crippen LogP contribution in [0.15, 0.2) is 170 Å². The molecule has 4 nitrogen and oxygen atoms in total. The molecule has 0 aliphatic heterocycles. The van der Waals surface area contributed by atoms with Gasteiger partial charge < -0.3 is 4.57 Å². The predicted molar refractivity (Wildman–Crippen MR) is 199 cm³/mol. The standard InChI is InChI=1S/C44H28N4/c1-3-13-29(14-4-1)30-23-25-31(26-24-30)43-44(46-38-20-10-9-19-37(38)45-43)48-40-22-12-8-18-34(40)36-27-35-33-17-7-11-21-39(33)47(41(35)28-42(36)48)32-15-5-2-6-16-32/h1-28H. The molecular formula is C44H28N4. The summed E-state index contributed by atoms with van der Waals surface area (Å²) < 4.78 is 4.69. The first-order chi connectivity index (χ1) is 23.8. The Kier molecular flexibility index (Phi) is 5.84. The molecule has 224 valence electrons. The van der Waals surface area contributed by atoms with Crippen LogP contribution in [-0.2, 0) is 0 Å². The number of rotatable bonds is 4. The van der Waals surface area contributed by atoms with E-state index in [0.717, 1.165) is 50.3 Å². The van der Waals surface area contributed by atoms with Crippen molar-refractivity contribution in [1.82, 2.24) is 19.1 Å². The number of aromatic nitrogens is 4. The molecule has 0 radical (unpaired) electrons. The molecule has 10 aromatic rings. The van der Waals surface area contributed by atoms with Gasteiger partial charge in [0, 0.05) is 32.8 Å². The summed E-state index contributed by atoms with van der Waals surface area (Å²) in [5.74, 6) is 0.814. The van der Waals surface area contributed by atoms with Crippen LogP contribution in [0.5, 0.6) is 0 Å². The fourth-order valence-corrected chi connectivity index (χ4v) is 7.31. The lowest BCUT2D eigenvalue weighted by molar-refractivity contribution is 1.08. The van der Waals surface area contributed by atoms with E-state index in [4.69, 9.17) is 9.97 Å². The Morgan fingerprint density at radius 2 is 0.833 bits per heavy atom. The zero-order chi connectivity index (χ0) is 31.6. The molecule has 48 heavy (non-hydrogen) atoms. The number of hydrogen-bond acceptors (Lipinski definition) is 2. The quantitative estimate of drug-likeness (QED) is 0.198. The Morgan fingerprint density at radius 3 is 1.52 bits per heavy atom. The van der Waals surface area contributed by atoms with Crippen molar-refractivity contribution >= 4 is 54.6 Å². The van der Waals surface area contributed by atoms with Crippen molar-refractivity contribution in [3.63, 3.8) is 0 Å². The molecule has 0 fully saturated rings. The average molecular weight is 613 g/mol. The SMILES string of the molecule is c1ccc(-c2ccc(-c3nc4ccccc4nc3-n3c4ccccc4c4cc5c6ccccc6n(-c6ccccc6)c5cc43)cc2)cc1. The van der Waals surface area contributed by atoms with E-state index < -0.39 is 0 Å². The van der Waals surface area contributed by atoms with E-state index in [0.29, 0.717) is 0 Å². The van der Waals surface area contributed by atoms with Gasteiger partial charge in [0.15, 0.2) is 5.82 Å². The monoisotopic (exact) mass is 612 g/mol. The average Bonchev–Trinajstić information content (AvgIpc) is 3.66. The summed E-state index contributed by atoms with van der Waals surface area (Å²) in [5, 5.41) is 4.84. The first-order valence-electron chi connectivity index (χ1n) is 16.3. The molecular weight excluding hydrogens is 585 g/mol.